The summed E-state index contributed by atoms with van der Waals surface area (Å²) in [6, 6.07) is 5.78. The van der Waals surface area contributed by atoms with Gasteiger partial charge < -0.3 is 10.6 Å². The van der Waals surface area contributed by atoms with E-state index in [1.165, 1.54) is 6.42 Å². The minimum absolute atomic E-state index is 0.0123. The first kappa shape index (κ1) is 16.7. The quantitative estimate of drug-likeness (QED) is 0.591. The Morgan fingerprint density at radius 2 is 2.33 bits per heavy atom. The van der Waals surface area contributed by atoms with E-state index >= 15 is 0 Å². The van der Waals surface area contributed by atoms with E-state index in [2.05, 4.69) is 39.5 Å². The second kappa shape index (κ2) is 7.60. The third-order valence-electron chi connectivity index (χ3n) is 4.92. The zero-order valence-corrected chi connectivity index (χ0v) is 13.9. The third kappa shape index (κ3) is 3.66. The fraction of sp³-hybridized carbons (Fsp3) is 0.588. The first-order valence-corrected chi connectivity index (χ1v) is 8.54. The molecule has 1 aromatic rings. The predicted octanol–water partition coefficient (Wildman–Crippen LogP) is 0.620. The van der Waals surface area contributed by atoms with E-state index < -0.39 is 0 Å². The van der Waals surface area contributed by atoms with Crippen LogP contribution in [0, 0.1) is 29.1 Å². The summed E-state index contributed by atoms with van der Waals surface area (Å²) < 4.78 is 0. The van der Waals surface area contributed by atoms with Gasteiger partial charge in [0.25, 0.3) is 0 Å². The Morgan fingerprint density at radius 3 is 3.17 bits per heavy atom. The number of rotatable bonds is 5. The van der Waals surface area contributed by atoms with Crippen LogP contribution in [0.25, 0.3) is 0 Å². The minimum atomic E-state index is 0.0123. The molecule has 2 fully saturated rings. The van der Waals surface area contributed by atoms with E-state index in [0.717, 1.165) is 13.0 Å². The van der Waals surface area contributed by atoms with Crippen LogP contribution in [0.4, 0.5) is 5.82 Å². The van der Waals surface area contributed by atoms with Crippen molar-refractivity contribution in [3.63, 3.8) is 0 Å². The molecular weight excluding hydrogens is 304 g/mol. The van der Waals surface area contributed by atoms with E-state index in [9.17, 15) is 4.79 Å². The Labute approximate surface area is 142 Å². The molecule has 1 aliphatic heterocycles. The van der Waals surface area contributed by atoms with Gasteiger partial charge in [0.2, 0.25) is 5.91 Å². The average molecular weight is 328 g/mol. The molecule has 4 N–H and O–H groups in total. The van der Waals surface area contributed by atoms with E-state index in [1.54, 1.807) is 18.3 Å². The monoisotopic (exact) mass is 328 g/mol. The van der Waals surface area contributed by atoms with Gasteiger partial charge in [0.1, 0.15) is 11.9 Å². The molecule has 0 bridgehead atoms. The van der Waals surface area contributed by atoms with Gasteiger partial charge in [-0.2, -0.15) is 5.26 Å². The van der Waals surface area contributed by atoms with Gasteiger partial charge in [-0.1, -0.05) is 6.92 Å². The van der Waals surface area contributed by atoms with Crippen molar-refractivity contribution in [3.05, 3.63) is 23.9 Å². The van der Waals surface area contributed by atoms with Crippen LogP contribution in [-0.4, -0.2) is 36.6 Å². The highest BCUT2D eigenvalue weighted by Gasteiger charge is 2.42. The Hall–Kier alpha value is -2.17. The molecule has 4 unspecified atom stereocenters. The summed E-state index contributed by atoms with van der Waals surface area (Å²) in [7, 11) is 0. The zero-order valence-electron chi connectivity index (χ0n) is 13.9. The molecule has 1 aromatic heterocycles. The van der Waals surface area contributed by atoms with Gasteiger partial charge in [0, 0.05) is 31.9 Å². The largest absolute Gasteiger partial charge is 0.367 e. The average Bonchev–Trinajstić information content (AvgIpc) is 3.06. The molecule has 1 saturated carbocycles. The SMILES string of the molecule is CC1CC2CNNC2C(C(=O)NCCNc2ncccc2C#N)C1. The number of nitrogens with one attached hydrogen (secondary N) is 4. The van der Waals surface area contributed by atoms with Crippen molar-refractivity contribution in [2.75, 3.05) is 25.0 Å². The lowest BCUT2D eigenvalue weighted by Crippen LogP contribution is -2.49. The van der Waals surface area contributed by atoms with Gasteiger partial charge in [-0.25, -0.2) is 4.98 Å². The number of amides is 1. The first-order chi connectivity index (χ1) is 11.7. The highest BCUT2D eigenvalue weighted by molar-refractivity contribution is 5.79. The standard InChI is InChI=1S/C17H24N6O/c1-11-7-13-10-22-23-15(13)14(8-11)17(24)21-6-5-20-16-12(9-18)3-2-4-19-16/h2-4,11,13-15,22-23H,5-8,10H2,1H3,(H,19,20)(H,21,24). The predicted molar refractivity (Wildman–Crippen MR) is 90.8 cm³/mol. The van der Waals surface area contributed by atoms with Crippen LogP contribution in [0.1, 0.15) is 25.3 Å². The molecule has 2 aliphatic rings. The summed E-state index contributed by atoms with van der Waals surface area (Å²) in [6.07, 6.45) is 3.74. The summed E-state index contributed by atoms with van der Waals surface area (Å²) in [5.74, 6) is 1.79. The second-order valence-corrected chi connectivity index (χ2v) is 6.72. The van der Waals surface area contributed by atoms with Crippen molar-refractivity contribution in [3.8, 4) is 6.07 Å². The molecule has 1 amide bonds. The molecule has 0 spiro atoms. The molecular formula is C17H24N6O. The zero-order chi connectivity index (χ0) is 16.9. The highest BCUT2D eigenvalue weighted by atomic mass is 16.1. The molecule has 7 nitrogen and oxygen atoms in total. The molecule has 0 radical (unpaired) electrons. The van der Waals surface area contributed by atoms with Crippen LogP contribution in [0.3, 0.4) is 0 Å². The van der Waals surface area contributed by atoms with Gasteiger partial charge in [-0.3, -0.25) is 15.6 Å². The minimum Gasteiger partial charge on any atom is -0.367 e. The number of anilines is 1. The maximum absolute atomic E-state index is 12.5. The van der Waals surface area contributed by atoms with Crippen LogP contribution >= 0.6 is 0 Å². The van der Waals surface area contributed by atoms with Crippen molar-refractivity contribution in [2.24, 2.45) is 17.8 Å². The molecule has 3 rings (SSSR count). The number of fused-ring (bicyclic) bond motifs is 1. The summed E-state index contributed by atoms with van der Waals surface area (Å²) in [4.78, 5) is 16.7. The van der Waals surface area contributed by atoms with Crippen molar-refractivity contribution >= 4 is 11.7 Å². The first-order valence-electron chi connectivity index (χ1n) is 8.54. The van der Waals surface area contributed by atoms with Crippen LogP contribution < -0.4 is 21.5 Å². The molecule has 4 atom stereocenters. The molecule has 0 aromatic carbocycles. The molecule has 128 valence electrons. The van der Waals surface area contributed by atoms with Gasteiger partial charge in [-0.05, 0) is 36.8 Å². The van der Waals surface area contributed by atoms with Crippen molar-refractivity contribution < 1.29 is 4.79 Å². The van der Waals surface area contributed by atoms with Gasteiger partial charge in [-0.15, -0.1) is 0 Å². The van der Waals surface area contributed by atoms with E-state index in [1.807, 2.05) is 0 Å². The third-order valence-corrected chi connectivity index (χ3v) is 4.92. The van der Waals surface area contributed by atoms with Gasteiger partial charge in [0.05, 0.1) is 11.5 Å². The summed E-state index contributed by atoms with van der Waals surface area (Å²) >= 11 is 0. The molecule has 24 heavy (non-hydrogen) atoms. The lowest BCUT2D eigenvalue weighted by Gasteiger charge is -2.35. The molecule has 1 aliphatic carbocycles. The number of carbonyl (C=O) groups excluding carboxylic acids is 1. The Bertz CT molecular complexity index is 628. The molecule has 7 heteroatoms. The number of hydrogen-bond donors (Lipinski definition) is 4. The molecule has 2 heterocycles. The normalized spacial score (nSPS) is 28.7. The van der Waals surface area contributed by atoms with E-state index in [0.29, 0.717) is 36.3 Å². The second-order valence-electron chi connectivity index (χ2n) is 6.72. The van der Waals surface area contributed by atoms with Crippen molar-refractivity contribution in [2.45, 2.75) is 25.8 Å². The van der Waals surface area contributed by atoms with E-state index in [-0.39, 0.29) is 17.9 Å². The van der Waals surface area contributed by atoms with E-state index in [4.69, 9.17) is 5.26 Å². The van der Waals surface area contributed by atoms with Crippen molar-refractivity contribution in [1.29, 1.82) is 5.26 Å². The van der Waals surface area contributed by atoms with Crippen LogP contribution in [-0.2, 0) is 4.79 Å². The number of aromatic nitrogens is 1. The fourth-order valence-electron chi connectivity index (χ4n) is 3.81. The highest BCUT2D eigenvalue weighted by Crippen LogP contribution is 2.35. The summed E-state index contributed by atoms with van der Waals surface area (Å²) in [6.45, 7) is 4.22. The van der Waals surface area contributed by atoms with Gasteiger partial charge >= 0.3 is 0 Å². The number of pyridine rings is 1. The Morgan fingerprint density at radius 1 is 1.46 bits per heavy atom. The number of nitrogens with zero attached hydrogens (tertiary/aromatic N) is 2. The number of hydrogen-bond acceptors (Lipinski definition) is 6. The maximum Gasteiger partial charge on any atom is 0.224 e. The van der Waals surface area contributed by atoms with Crippen LogP contribution in [0.5, 0.6) is 0 Å². The summed E-state index contributed by atoms with van der Waals surface area (Å²) in [5, 5.41) is 15.1. The topological polar surface area (TPSA) is 102 Å². The lowest BCUT2D eigenvalue weighted by molar-refractivity contribution is -0.127. The molecule has 1 saturated heterocycles. The van der Waals surface area contributed by atoms with Crippen molar-refractivity contribution in [1.82, 2.24) is 21.2 Å². The Kier molecular flexibility index (Phi) is 5.28. The lowest BCUT2D eigenvalue weighted by atomic mass is 9.73. The van der Waals surface area contributed by atoms with Crippen LogP contribution in [0.15, 0.2) is 18.3 Å². The fourth-order valence-corrected chi connectivity index (χ4v) is 3.81. The summed E-state index contributed by atoms with van der Waals surface area (Å²) in [5.41, 5.74) is 6.97. The van der Waals surface area contributed by atoms with Gasteiger partial charge in [0.15, 0.2) is 0 Å². The Balaban J connectivity index is 1.48. The maximum atomic E-state index is 12.5. The number of carbonyl (C=O) groups is 1. The number of hydrazine groups is 1. The van der Waals surface area contributed by atoms with Crippen LogP contribution in [0.2, 0.25) is 0 Å². The number of nitriles is 1. The smallest absolute Gasteiger partial charge is 0.224 e.